The summed E-state index contributed by atoms with van der Waals surface area (Å²) in [6.07, 6.45) is 8.05. The molecule has 17 heavy (non-hydrogen) atoms. The van der Waals surface area contributed by atoms with Crippen molar-refractivity contribution in [3.63, 3.8) is 0 Å². The minimum Gasteiger partial charge on any atom is -0.480 e. The van der Waals surface area contributed by atoms with Gasteiger partial charge >= 0.3 is 12.0 Å². The number of carboxylic acid groups (broad SMARTS) is 1. The van der Waals surface area contributed by atoms with Gasteiger partial charge < -0.3 is 15.3 Å². The third-order valence-corrected chi connectivity index (χ3v) is 2.26. The number of urea groups is 1. The fourth-order valence-electron chi connectivity index (χ4n) is 1.36. The summed E-state index contributed by atoms with van der Waals surface area (Å²) in [7, 11) is 0. The molecule has 96 valence electrons. The number of nitrogens with zero attached hydrogens (tertiary/aromatic N) is 1. The van der Waals surface area contributed by atoms with Gasteiger partial charge in [0.1, 0.15) is 6.54 Å². The Morgan fingerprint density at radius 1 is 1.53 bits per heavy atom. The Hall–Kier alpha value is -1.70. The zero-order valence-electron chi connectivity index (χ0n) is 10.4. The number of unbranched alkanes of at least 4 members (excludes halogenated alkanes) is 1. The molecule has 0 rings (SSSR count). The standard InChI is InChI=1S/C12H20N2O3/c1-4-6-7-10(3)13-12(17)14(8-5-2)9-11(15)16/h2,10H,4,6-9H2,1,3H3,(H,13,17)(H,15,16). The molecule has 5 nitrogen and oxygen atoms in total. The van der Waals surface area contributed by atoms with Crippen LogP contribution in [0.1, 0.15) is 33.1 Å². The summed E-state index contributed by atoms with van der Waals surface area (Å²) in [4.78, 5) is 23.4. The van der Waals surface area contributed by atoms with Crippen LogP contribution in [0, 0.1) is 12.3 Å². The molecule has 0 fully saturated rings. The number of terminal acetylenes is 1. The Balaban J connectivity index is 4.22. The lowest BCUT2D eigenvalue weighted by Crippen LogP contribution is -2.46. The molecule has 0 aromatic rings. The highest BCUT2D eigenvalue weighted by Gasteiger charge is 2.17. The average Bonchev–Trinajstić information content (AvgIpc) is 2.25. The van der Waals surface area contributed by atoms with Crippen molar-refractivity contribution in [2.75, 3.05) is 13.1 Å². The lowest BCUT2D eigenvalue weighted by atomic mass is 10.1. The largest absolute Gasteiger partial charge is 0.480 e. The van der Waals surface area contributed by atoms with Gasteiger partial charge in [-0.1, -0.05) is 25.7 Å². The number of rotatable bonds is 7. The summed E-state index contributed by atoms with van der Waals surface area (Å²) >= 11 is 0. The number of carbonyl (C=O) groups excluding carboxylic acids is 1. The van der Waals surface area contributed by atoms with E-state index in [4.69, 9.17) is 11.5 Å². The second-order valence-corrected chi connectivity index (χ2v) is 3.95. The van der Waals surface area contributed by atoms with Gasteiger partial charge in [0.05, 0.1) is 6.54 Å². The number of carboxylic acids is 1. The SMILES string of the molecule is C#CCN(CC(=O)O)C(=O)NC(C)CCCC. The van der Waals surface area contributed by atoms with E-state index >= 15 is 0 Å². The first kappa shape index (κ1) is 15.3. The molecule has 2 amide bonds. The number of nitrogens with one attached hydrogen (secondary N) is 1. The predicted octanol–water partition coefficient (Wildman–Crippen LogP) is 1.29. The summed E-state index contributed by atoms with van der Waals surface area (Å²) in [5.74, 6) is 1.20. The van der Waals surface area contributed by atoms with Crippen LogP contribution in [0.2, 0.25) is 0 Å². The van der Waals surface area contributed by atoms with Gasteiger partial charge in [0.25, 0.3) is 0 Å². The number of hydrogen-bond donors (Lipinski definition) is 2. The van der Waals surface area contributed by atoms with Crippen LogP contribution in [0.5, 0.6) is 0 Å². The fourth-order valence-corrected chi connectivity index (χ4v) is 1.36. The molecular weight excluding hydrogens is 220 g/mol. The molecule has 0 saturated carbocycles. The Kier molecular flexibility index (Phi) is 7.61. The summed E-state index contributed by atoms with van der Waals surface area (Å²) in [6.45, 7) is 3.58. The van der Waals surface area contributed by atoms with Crippen LogP contribution in [-0.4, -0.2) is 41.1 Å². The molecule has 0 radical (unpaired) electrons. The van der Waals surface area contributed by atoms with Crippen LogP contribution in [0.25, 0.3) is 0 Å². The fraction of sp³-hybridized carbons (Fsp3) is 0.667. The monoisotopic (exact) mass is 240 g/mol. The van der Waals surface area contributed by atoms with Crippen LogP contribution in [0.15, 0.2) is 0 Å². The predicted molar refractivity (Wildman–Crippen MR) is 65.6 cm³/mol. The van der Waals surface area contributed by atoms with Crippen molar-refractivity contribution in [2.24, 2.45) is 0 Å². The molecule has 0 aliphatic carbocycles. The Morgan fingerprint density at radius 2 is 2.18 bits per heavy atom. The van der Waals surface area contributed by atoms with Gasteiger partial charge in [-0.15, -0.1) is 6.42 Å². The van der Waals surface area contributed by atoms with E-state index in [2.05, 4.69) is 18.2 Å². The van der Waals surface area contributed by atoms with Crippen LogP contribution >= 0.6 is 0 Å². The minimum absolute atomic E-state index is 0.00136. The molecule has 0 spiro atoms. The van der Waals surface area contributed by atoms with Crippen molar-refractivity contribution in [1.29, 1.82) is 0 Å². The molecule has 0 aromatic carbocycles. The molecule has 0 aliphatic rings. The van der Waals surface area contributed by atoms with E-state index < -0.39 is 12.0 Å². The van der Waals surface area contributed by atoms with E-state index in [0.717, 1.165) is 24.2 Å². The summed E-state index contributed by atoms with van der Waals surface area (Å²) in [6, 6.07) is -0.398. The molecule has 0 bridgehead atoms. The zero-order valence-corrected chi connectivity index (χ0v) is 10.4. The van der Waals surface area contributed by atoms with Gasteiger partial charge in [0, 0.05) is 6.04 Å². The Labute approximate surface area is 102 Å². The first-order valence-electron chi connectivity index (χ1n) is 5.72. The van der Waals surface area contributed by atoms with E-state index in [9.17, 15) is 9.59 Å². The van der Waals surface area contributed by atoms with E-state index in [1.54, 1.807) is 0 Å². The highest BCUT2D eigenvalue weighted by Crippen LogP contribution is 2.00. The molecule has 2 N–H and O–H groups in total. The molecule has 0 saturated heterocycles. The Morgan fingerprint density at radius 3 is 2.65 bits per heavy atom. The summed E-state index contributed by atoms with van der Waals surface area (Å²) in [5, 5.41) is 11.4. The van der Waals surface area contributed by atoms with Crippen molar-refractivity contribution >= 4 is 12.0 Å². The average molecular weight is 240 g/mol. The lowest BCUT2D eigenvalue weighted by molar-refractivity contribution is -0.137. The normalized spacial score (nSPS) is 11.4. The third kappa shape index (κ3) is 7.23. The van der Waals surface area contributed by atoms with E-state index in [-0.39, 0.29) is 19.1 Å². The number of carbonyl (C=O) groups is 2. The highest BCUT2D eigenvalue weighted by molar-refractivity contribution is 5.80. The zero-order chi connectivity index (χ0) is 13.3. The molecule has 0 heterocycles. The third-order valence-electron chi connectivity index (χ3n) is 2.26. The first-order chi connectivity index (χ1) is 8.01. The maximum absolute atomic E-state index is 11.7. The van der Waals surface area contributed by atoms with Gasteiger partial charge in [0.2, 0.25) is 0 Å². The second-order valence-electron chi connectivity index (χ2n) is 3.95. The summed E-state index contributed by atoms with van der Waals surface area (Å²) < 4.78 is 0. The van der Waals surface area contributed by atoms with Crippen LogP contribution < -0.4 is 5.32 Å². The molecule has 1 unspecified atom stereocenters. The minimum atomic E-state index is -1.07. The lowest BCUT2D eigenvalue weighted by Gasteiger charge is -2.21. The van der Waals surface area contributed by atoms with E-state index in [1.165, 1.54) is 0 Å². The maximum Gasteiger partial charge on any atom is 0.323 e. The van der Waals surface area contributed by atoms with Crippen molar-refractivity contribution < 1.29 is 14.7 Å². The van der Waals surface area contributed by atoms with Gasteiger partial charge in [-0.3, -0.25) is 4.79 Å². The quantitative estimate of drug-likeness (QED) is 0.659. The van der Waals surface area contributed by atoms with Gasteiger partial charge in [-0.25, -0.2) is 4.79 Å². The van der Waals surface area contributed by atoms with Gasteiger partial charge in [-0.05, 0) is 13.3 Å². The smallest absolute Gasteiger partial charge is 0.323 e. The molecule has 0 aliphatic heterocycles. The van der Waals surface area contributed by atoms with Crippen LogP contribution in [0.3, 0.4) is 0 Å². The number of aliphatic carboxylic acids is 1. The van der Waals surface area contributed by atoms with Crippen molar-refractivity contribution in [1.82, 2.24) is 10.2 Å². The van der Waals surface area contributed by atoms with Crippen molar-refractivity contribution in [3.8, 4) is 12.3 Å². The molecular formula is C12H20N2O3. The Bertz CT molecular complexity index is 297. The number of amides is 2. The molecule has 1 atom stereocenters. The van der Waals surface area contributed by atoms with Crippen molar-refractivity contribution in [2.45, 2.75) is 39.2 Å². The molecule has 0 aromatic heterocycles. The first-order valence-corrected chi connectivity index (χ1v) is 5.72. The van der Waals surface area contributed by atoms with E-state index in [1.807, 2.05) is 6.92 Å². The van der Waals surface area contributed by atoms with Crippen molar-refractivity contribution in [3.05, 3.63) is 0 Å². The van der Waals surface area contributed by atoms with Crippen LogP contribution in [0.4, 0.5) is 4.79 Å². The second kappa shape index (κ2) is 8.45. The summed E-state index contributed by atoms with van der Waals surface area (Å²) in [5.41, 5.74) is 0. The topological polar surface area (TPSA) is 69.6 Å². The maximum atomic E-state index is 11.7. The highest BCUT2D eigenvalue weighted by atomic mass is 16.4. The molecule has 5 heteroatoms. The van der Waals surface area contributed by atoms with E-state index in [0.29, 0.717) is 0 Å². The number of hydrogen-bond acceptors (Lipinski definition) is 2. The van der Waals surface area contributed by atoms with Gasteiger partial charge in [0.15, 0.2) is 0 Å². The van der Waals surface area contributed by atoms with Crippen LogP contribution in [-0.2, 0) is 4.79 Å². The van der Waals surface area contributed by atoms with Gasteiger partial charge in [-0.2, -0.15) is 0 Å².